The number of hydrogen-bond acceptors (Lipinski definition) is 5. The lowest BCUT2D eigenvalue weighted by molar-refractivity contribution is -0.384. The van der Waals surface area contributed by atoms with Crippen LogP contribution in [0.5, 0.6) is 0 Å². The minimum Gasteiger partial charge on any atom is -0.409 e. The summed E-state index contributed by atoms with van der Waals surface area (Å²) < 4.78 is 0. The van der Waals surface area contributed by atoms with E-state index in [2.05, 4.69) is 23.9 Å². The fourth-order valence-electron chi connectivity index (χ4n) is 3.03. The van der Waals surface area contributed by atoms with Gasteiger partial charge in [-0.15, -0.1) is 0 Å². The first-order chi connectivity index (χ1) is 9.99. The summed E-state index contributed by atoms with van der Waals surface area (Å²) in [7, 11) is 0. The first-order valence-electron chi connectivity index (χ1n) is 7.04. The summed E-state index contributed by atoms with van der Waals surface area (Å²) in [6.07, 6.45) is 3.12. The summed E-state index contributed by atoms with van der Waals surface area (Å²) in [5, 5.41) is 22.9. The van der Waals surface area contributed by atoms with Crippen LogP contribution in [0.15, 0.2) is 23.4 Å². The van der Waals surface area contributed by atoms with Crippen molar-refractivity contribution in [2.24, 2.45) is 10.9 Å². The highest BCUT2D eigenvalue weighted by Crippen LogP contribution is 2.35. The molecule has 114 valence electrons. The van der Waals surface area contributed by atoms with Gasteiger partial charge in [-0.05, 0) is 32.3 Å². The van der Waals surface area contributed by atoms with E-state index in [1.807, 2.05) is 0 Å². The maximum atomic E-state index is 10.9. The molecule has 2 unspecified atom stereocenters. The van der Waals surface area contributed by atoms with Crippen molar-refractivity contribution in [1.29, 1.82) is 0 Å². The topological polar surface area (TPSA) is 105 Å². The third-order valence-corrected chi connectivity index (χ3v) is 4.11. The molecule has 1 fully saturated rings. The second kappa shape index (κ2) is 5.99. The Morgan fingerprint density at radius 2 is 2.29 bits per heavy atom. The number of nitrogens with zero attached hydrogens (tertiary/aromatic N) is 3. The molecule has 1 heterocycles. The van der Waals surface area contributed by atoms with E-state index in [1.54, 1.807) is 6.07 Å². The summed E-state index contributed by atoms with van der Waals surface area (Å²) >= 11 is 0. The second-order valence-electron chi connectivity index (χ2n) is 5.34. The Kier molecular flexibility index (Phi) is 4.30. The van der Waals surface area contributed by atoms with Crippen LogP contribution in [0.2, 0.25) is 0 Å². The first-order valence-corrected chi connectivity index (χ1v) is 7.04. The maximum absolute atomic E-state index is 10.9. The zero-order chi connectivity index (χ0) is 15.6. The van der Waals surface area contributed by atoms with Gasteiger partial charge in [-0.2, -0.15) is 0 Å². The van der Waals surface area contributed by atoms with Crippen molar-refractivity contribution < 1.29 is 10.1 Å². The molecule has 1 aliphatic heterocycles. The average Bonchev–Trinajstić information content (AvgIpc) is 2.86. The Hall–Kier alpha value is -2.31. The summed E-state index contributed by atoms with van der Waals surface area (Å²) in [5.74, 6) is -0.109. The number of hydrogen-bond donors (Lipinski definition) is 2. The molecule has 2 atom stereocenters. The second-order valence-corrected chi connectivity index (χ2v) is 5.34. The van der Waals surface area contributed by atoms with E-state index in [9.17, 15) is 10.1 Å². The predicted octanol–water partition coefficient (Wildman–Crippen LogP) is 2.46. The quantitative estimate of drug-likeness (QED) is 0.291. The molecule has 7 nitrogen and oxygen atoms in total. The zero-order valence-corrected chi connectivity index (χ0v) is 12.2. The normalized spacial score (nSPS) is 22.6. The SMILES string of the molecule is CCC1CCC(C)N1c1ccc([N+](=O)[O-])cc1/C(N)=N/O. The predicted molar refractivity (Wildman–Crippen MR) is 80.9 cm³/mol. The molecule has 0 bridgehead atoms. The van der Waals surface area contributed by atoms with Gasteiger partial charge in [0.05, 0.1) is 10.5 Å². The fourth-order valence-corrected chi connectivity index (χ4v) is 3.03. The molecular weight excluding hydrogens is 272 g/mol. The largest absolute Gasteiger partial charge is 0.409 e. The van der Waals surface area contributed by atoms with Gasteiger partial charge in [-0.1, -0.05) is 12.1 Å². The van der Waals surface area contributed by atoms with Gasteiger partial charge < -0.3 is 15.8 Å². The highest BCUT2D eigenvalue weighted by Gasteiger charge is 2.32. The molecule has 0 amide bonds. The molecule has 7 heteroatoms. The number of anilines is 1. The first kappa shape index (κ1) is 15.1. The molecule has 0 radical (unpaired) electrons. The Bertz CT molecular complexity index is 573. The molecule has 0 aliphatic carbocycles. The van der Waals surface area contributed by atoms with Crippen molar-refractivity contribution in [1.82, 2.24) is 0 Å². The number of amidine groups is 1. The van der Waals surface area contributed by atoms with Crippen molar-refractivity contribution >= 4 is 17.2 Å². The fraction of sp³-hybridized carbons (Fsp3) is 0.500. The van der Waals surface area contributed by atoms with Crippen molar-refractivity contribution in [2.45, 2.75) is 45.2 Å². The van der Waals surface area contributed by atoms with Crippen molar-refractivity contribution in [3.8, 4) is 0 Å². The average molecular weight is 292 g/mol. The number of rotatable bonds is 4. The van der Waals surface area contributed by atoms with Gasteiger partial charge in [0, 0.05) is 29.9 Å². The van der Waals surface area contributed by atoms with Crippen molar-refractivity contribution in [2.75, 3.05) is 4.90 Å². The van der Waals surface area contributed by atoms with Gasteiger partial charge in [0.15, 0.2) is 5.84 Å². The van der Waals surface area contributed by atoms with Crippen molar-refractivity contribution in [3.05, 3.63) is 33.9 Å². The van der Waals surface area contributed by atoms with E-state index >= 15 is 0 Å². The van der Waals surface area contributed by atoms with E-state index in [0.717, 1.165) is 24.9 Å². The smallest absolute Gasteiger partial charge is 0.270 e. The number of oxime groups is 1. The Morgan fingerprint density at radius 1 is 1.57 bits per heavy atom. The van der Waals surface area contributed by atoms with Gasteiger partial charge in [0.1, 0.15) is 0 Å². The van der Waals surface area contributed by atoms with Crippen LogP contribution >= 0.6 is 0 Å². The number of nitro benzene ring substituents is 1. The van der Waals surface area contributed by atoms with Crippen LogP contribution < -0.4 is 10.6 Å². The van der Waals surface area contributed by atoms with Crippen LogP contribution in [0.25, 0.3) is 0 Å². The van der Waals surface area contributed by atoms with Gasteiger partial charge in [0.25, 0.3) is 5.69 Å². The summed E-state index contributed by atoms with van der Waals surface area (Å²) in [4.78, 5) is 12.7. The van der Waals surface area contributed by atoms with Crippen LogP contribution in [-0.4, -0.2) is 28.0 Å². The third-order valence-electron chi connectivity index (χ3n) is 4.11. The Morgan fingerprint density at radius 3 is 2.86 bits per heavy atom. The van der Waals surface area contributed by atoms with E-state index in [4.69, 9.17) is 10.9 Å². The number of nitrogens with two attached hydrogens (primary N) is 1. The van der Waals surface area contributed by atoms with E-state index in [0.29, 0.717) is 17.6 Å². The lowest BCUT2D eigenvalue weighted by atomic mass is 10.1. The molecule has 1 aromatic carbocycles. The lowest BCUT2D eigenvalue weighted by Gasteiger charge is -2.31. The van der Waals surface area contributed by atoms with Crippen LogP contribution in [0.1, 0.15) is 38.7 Å². The highest BCUT2D eigenvalue weighted by molar-refractivity contribution is 6.03. The molecule has 2 rings (SSSR count). The standard InChI is InChI=1S/C14H20N4O3/c1-3-10-5-4-9(2)17(10)13-7-6-11(18(20)21)8-12(13)14(15)16-19/h6-10,19H,3-5H2,1-2H3,(H2,15,16). The molecule has 0 aromatic heterocycles. The third kappa shape index (κ3) is 2.76. The molecule has 1 saturated heterocycles. The van der Waals surface area contributed by atoms with Crippen LogP contribution in [-0.2, 0) is 0 Å². The highest BCUT2D eigenvalue weighted by atomic mass is 16.6. The number of non-ortho nitro benzene ring substituents is 1. The maximum Gasteiger partial charge on any atom is 0.270 e. The monoisotopic (exact) mass is 292 g/mol. The van der Waals surface area contributed by atoms with Crippen LogP contribution in [0.4, 0.5) is 11.4 Å². The molecule has 21 heavy (non-hydrogen) atoms. The molecular formula is C14H20N4O3. The van der Waals surface area contributed by atoms with Crippen molar-refractivity contribution in [3.63, 3.8) is 0 Å². The van der Waals surface area contributed by atoms with Gasteiger partial charge in [-0.3, -0.25) is 10.1 Å². The van der Waals surface area contributed by atoms with Gasteiger partial charge in [0.2, 0.25) is 0 Å². The van der Waals surface area contributed by atoms with E-state index in [-0.39, 0.29) is 11.5 Å². The molecule has 0 spiro atoms. The molecule has 3 N–H and O–H groups in total. The minimum atomic E-state index is -0.483. The van der Waals surface area contributed by atoms with Crippen LogP contribution in [0, 0.1) is 10.1 Å². The molecule has 1 aromatic rings. The van der Waals surface area contributed by atoms with E-state index in [1.165, 1.54) is 12.1 Å². The minimum absolute atomic E-state index is 0.0692. The Labute approximate surface area is 123 Å². The van der Waals surface area contributed by atoms with Gasteiger partial charge in [-0.25, -0.2) is 0 Å². The van der Waals surface area contributed by atoms with Gasteiger partial charge >= 0.3 is 0 Å². The summed E-state index contributed by atoms with van der Waals surface area (Å²) in [6.45, 7) is 4.23. The zero-order valence-electron chi connectivity index (χ0n) is 12.2. The molecule has 1 aliphatic rings. The lowest BCUT2D eigenvalue weighted by Crippen LogP contribution is -2.36. The van der Waals surface area contributed by atoms with E-state index < -0.39 is 4.92 Å². The number of benzene rings is 1. The molecule has 0 saturated carbocycles. The summed E-state index contributed by atoms with van der Waals surface area (Å²) in [6, 6.07) is 5.20. The number of nitro groups is 1. The van der Waals surface area contributed by atoms with Crippen LogP contribution in [0.3, 0.4) is 0 Å². The summed E-state index contributed by atoms with van der Waals surface area (Å²) in [5.41, 5.74) is 6.83. The Balaban J connectivity index is 2.54.